The molecule has 2 aromatic rings. The van der Waals surface area contributed by atoms with Crippen LogP contribution in [-0.4, -0.2) is 35.9 Å². The van der Waals surface area contributed by atoms with Crippen molar-refractivity contribution >= 4 is 28.2 Å². The molecule has 1 amide bonds. The van der Waals surface area contributed by atoms with Crippen LogP contribution in [0.1, 0.15) is 29.3 Å². The van der Waals surface area contributed by atoms with E-state index in [1.807, 2.05) is 19.9 Å². The quantitative estimate of drug-likeness (QED) is 0.887. The topological polar surface area (TPSA) is 75.6 Å². The summed E-state index contributed by atoms with van der Waals surface area (Å²) >= 11 is 1.33. The molecule has 0 saturated heterocycles. The highest BCUT2D eigenvalue weighted by atomic mass is 32.1. The summed E-state index contributed by atoms with van der Waals surface area (Å²) in [6.07, 6.45) is 1.59. The number of furan rings is 1. The van der Waals surface area contributed by atoms with Gasteiger partial charge in [0.2, 0.25) is 0 Å². The van der Waals surface area contributed by atoms with Gasteiger partial charge in [0.25, 0.3) is 5.91 Å². The number of anilines is 2. The minimum atomic E-state index is -0.139. The summed E-state index contributed by atoms with van der Waals surface area (Å²) in [5.74, 6) is 0.885. The predicted molar refractivity (Wildman–Crippen MR) is 84.6 cm³/mol. The summed E-state index contributed by atoms with van der Waals surface area (Å²) in [7, 11) is 1.72. The molecule has 0 aliphatic heterocycles. The van der Waals surface area contributed by atoms with Gasteiger partial charge in [-0.05, 0) is 26.0 Å². The van der Waals surface area contributed by atoms with E-state index in [0.29, 0.717) is 11.4 Å². The van der Waals surface area contributed by atoms with E-state index in [1.54, 1.807) is 24.3 Å². The number of nitrogens with zero attached hydrogens (tertiary/aromatic N) is 3. The van der Waals surface area contributed by atoms with Gasteiger partial charge in [0.15, 0.2) is 5.13 Å². The van der Waals surface area contributed by atoms with Gasteiger partial charge in [-0.1, -0.05) is 11.3 Å². The Kier molecular flexibility index (Phi) is 4.85. The molecule has 7 heteroatoms. The van der Waals surface area contributed by atoms with Crippen molar-refractivity contribution in [2.45, 2.75) is 20.4 Å². The van der Waals surface area contributed by atoms with Crippen LogP contribution in [0.15, 0.2) is 22.8 Å². The van der Waals surface area contributed by atoms with Gasteiger partial charge in [0.1, 0.15) is 16.5 Å². The number of aromatic nitrogens is 1. The number of nitrogens with two attached hydrogens (primary N) is 1. The third kappa shape index (κ3) is 3.36. The molecule has 114 valence electrons. The van der Waals surface area contributed by atoms with E-state index in [-0.39, 0.29) is 11.7 Å². The van der Waals surface area contributed by atoms with Crippen LogP contribution in [0.3, 0.4) is 0 Å². The second-order valence-corrected chi connectivity index (χ2v) is 5.60. The average Bonchev–Trinajstić information content (AvgIpc) is 3.09. The summed E-state index contributed by atoms with van der Waals surface area (Å²) in [6, 6.07) is 3.63. The van der Waals surface area contributed by atoms with Crippen molar-refractivity contribution in [3.05, 3.63) is 29.0 Å². The van der Waals surface area contributed by atoms with Gasteiger partial charge in [-0.2, -0.15) is 0 Å². The van der Waals surface area contributed by atoms with Crippen LogP contribution in [0.4, 0.5) is 10.9 Å². The zero-order chi connectivity index (χ0) is 15.4. The first-order valence-electron chi connectivity index (χ1n) is 6.85. The van der Waals surface area contributed by atoms with Gasteiger partial charge in [-0.15, -0.1) is 0 Å². The second-order valence-electron chi connectivity index (χ2n) is 4.62. The highest BCUT2D eigenvalue weighted by Gasteiger charge is 2.22. The third-order valence-electron chi connectivity index (χ3n) is 3.19. The number of rotatable bonds is 6. The van der Waals surface area contributed by atoms with Crippen LogP contribution in [0.2, 0.25) is 0 Å². The van der Waals surface area contributed by atoms with Crippen molar-refractivity contribution in [1.82, 2.24) is 9.88 Å². The maximum absolute atomic E-state index is 12.5. The second kappa shape index (κ2) is 6.62. The van der Waals surface area contributed by atoms with E-state index >= 15 is 0 Å². The number of hydrogen-bond donors (Lipinski definition) is 1. The van der Waals surface area contributed by atoms with Crippen LogP contribution in [0, 0.1) is 0 Å². The van der Waals surface area contributed by atoms with Crippen LogP contribution in [-0.2, 0) is 6.54 Å². The first kappa shape index (κ1) is 15.4. The van der Waals surface area contributed by atoms with Crippen molar-refractivity contribution in [2.24, 2.45) is 0 Å². The Hall–Kier alpha value is -2.02. The Bertz CT molecular complexity index is 590. The minimum absolute atomic E-state index is 0.139. The van der Waals surface area contributed by atoms with E-state index in [0.717, 1.165) is 24.0 Å². The normalized spacial score (nSPS) is 10.6. The Morgan fingerprint density at radius 1 is 1.43 bits per heavy atom. The van der Waals surface area contributed by atoms with Gasteiger partial charge in [-0.3, -0.25) is 4.79 Å². The molecule has 0 aromatic carbocycles. The standard InChI is InChI=1S/C14H20N4O2S/c1-4-18(5-2)14-16-12(15)11(21-14)13(19)17(3)9-10-7-6-8-20-10/h6-8H,4-5,9,15H2,1-3H3. The molecule has 2 N–H and O–H groups in total. The van der Waals surface area contributed by atoms with Gasteiger partial charge < -0.3 is 20.0 Å². The Morgan fingerprint density at radius 3 is 2.71 bits per heavy atom. The molecule has 0 unspecified atom stereocenters. The number of nitrogen functional groups attached to an aromatic ring is 1. The fourth-order valence-electron chi connectivity index (χ4n) is 1.98. The summed E-state index contributed by atoms with van der Waals surface area (Å²) in [5.41, 5.74) is 5.90. The molecule has 0 aliphatic rings. The monoisotopic (exact) mass is 308 g/mol. The molecular formula is C14H20N4O2S. The van der Waals surface area contributed by atoms with Crippen LogP contribution >= 0.6 is 11.3 Å². The first-order valence-corrected chi connectivity index (χ1v) is 7.67. The molecule has 2 heterocycles. The molecule has 2 rings (SSSR count). The number of thiazole rings is 1. The van der Waals surface area contributed by atoms with E-state index in [4.69, 9.17) is 10.2 Å². The Morgan fingerprint density at radius 2 is 2.14 bits per heavy atom. The lowest BCUT2D eigenvalue weighted by atomic mass is 10.3. The molecule has 0 spiro atoms. The fraction of sp³-hybridized carbons (Fsp3) is 0.429. The number of carbonyl (C=O) groups is 1. The maximum Gasteiger partial charge on any atom is 0.268 e. The fourth-order valence-corrected chi connectivity index (χ4v) is 3.09. The zero-order valence-electron chi connectivity index (χ0n) is 12.5. The molecule has 0 atom stereocenters. The summed E-state index contributed by atoms with van der Waals surface area (Å²) in [6.45, 7) is 6.17. The predicted octanol–water partition coefficient (Wildman–Crippen LogP) is 2.44. The van der Waals surface area contributed by atoms with E-state index in [9.17, 15) is 4.79 Å². The average molecular weight is 308 g/mol. The number of amides is 1. The van der Waals surface area contributed by atoms with Gasteiger partial charge in [0, 0.05) is 20.1 Å². The first-order chi connectivity index (χ1) is 10.1. The maximum atomic E-state index is 12.5. The number of carbonyl (C=O) groups excluding carboxylic acids is 1. The molecular weight excluding hydrogens is 288 g/mol. The SMILES string of the molecule is CCN(CC)c1nc(N)c(C(=O)N(C)Cc2ccco2)s1. The highest BCUT2D eigenvalue weighted by molar-refractivity contribution is 7.18. The summed E-state index contributed by atoms with van der Waals surface area (Å²) < 4.78 is 5.25. The summed E-state index contributed by atoms with van der Waals surface area (Å²) in [5, 5.41) is 0.784. The molecule has 0 radical (unpaired) electrons. The Balaban J connectivity index is 2.15. The van der Waals surface area contributed by atoms with E-state index < -0.39 is 0 Å². The molecule has 0 saturated carbocycles. The number of hydrogen-bond acceptors (Lipinski definition) is 6. The zero-order valence-corrected chi connectivity index (χ0v) is 13.3. The summed E-state index contributed by atoms with van der Waals surface area (Å²) in [4.78, 5) is 20.9. The largest absolute Gasteiger partial charge is 0.467 e. The van der Waals surface area contributed by atoms with Crippen LogP contribution in [0.5, 0.6) is 0 Å². The van der Waals surface area contributed by atoms with Crippen molar-refractivity contribution < 1.29 is 9.21 Å². The van der Waals surface area contributed by atoms with Crippen LogP contribution < -0.4 is 10.6 Å². The lowest BCUT2D eigenvalue weighted by molar-refractivity contribution is 0.0781. The molecule has 21 heavy (non-hydrogen) atoms. The van der Waals surface area contributed by atoms with E-state index in [1.165, 1.54) is 11.3 Å². The van der Waals surface area contributed by atoms with E-state index in [2.05, 4.69) is 9.88 Å². The van der Waals surface area contributed by atoms with Crippen LogP contribution in [0.25, 0.3) is 0 Å². The molecule has 0 bridgehead atoms. The molecule has 0 aliphatic carbocycles. The highest BCUT2D eigenvalue weighted by Crippen LogP contribution is 2.29. The van der Waals surface area contributed by atoms with Gasteiger partial charge >= 0.3 is 0 Å². The molecule has 0 fully saturated rings. The van der Waals surface area contributed by atoms with Crippen molar-refractivity contribution in [3.8, 4) is 0 Å². The van der Waals surface area contributed by atoms with Crippen molar-refractivity contribution in [1.29, 1.82) is 0 Å². The lowest BCUT2D eigenvalue weighted by Crippen LogP contribution is -2.25. The van der Waals surface area contributed by atoms with Crippen molar-refractivity contribution in [2.75, 3.05) is 30.8 Å². The molecule has 6 nitrogen and oxygen atoms in total. The minimum Gasteiger partial charge on any atom is -0.467 e. The van der Waals surface area contributed by atoms with Gasteiger partial charge in [-0.25, -0.2) is 4.98 Å². The Labute approximate surface area is 128 Å². The lowest BCUT2D eigenvalue weighted by Gasteiger charge is -2.16. The smallest absolute Gasteiger partial charge is 0.268 e. The molecule has 2 aromatic heterocycles. The van der Waals surface area contributed by atoms with Gasteiger partial charge in [0.05, 0.1) is 12.8 Å². The van der Waals surface area contributed by atoms with Crippen molar-refractivity contribution in [3.63, 3.8) is 0 Å². The third-order valence-corrected chi connectivity index (χ3v) is 4.31.